The number of unbranched alkanes of at least 4 members (excludes halogenated alkanes) is 3. The Morgan fingerprint density at radius 1 is 1.18 bits per heavy atom. The van der Waals surface area contributed by atoms with Crippen LogP contribution in [0, 0.1) is 0 Å². The lowest BCUT2D eigenvalue weighted by molar-refractivity contribution is 0.590. The van der Waals surface area contributed by atoms with E-state index in [0.29, 0.717) is 6.42 Å². The maximum absolute atomic E-state index is 10.4. The van der Waals surface area contributed by atoms with Crippen molar-refractivity contribution in [2.45, 2.75) is 32.6 Å². The molecule has 0 unspecified atom stereocenters. The lowest BCUT2D eigenvalue weighted by atomic mass is 10.2. The zero-order valence-corrected chi connectivity index (χ0v) is 8.38. The van der Waals surface area contributed by atoms with Crippen LogP contribution in [0.25, 0.3) is 0 Å². The summed E-state index contributed by atoms with van der Waals surface area (Å²) in [7, 11) is -3.20. The van der Waals surface area contributed by atoms with Gasteiger partial charge in [0.2, 0.25) is 10.0 Å². The molecular weight excluding hydrogens is 186 g/mol. The van der Waals surface area contributed by atoms with Crippen molar-refractivity contribution < 1.29 is 8.42 Å². The third-order valence-corrected chi connectivity index (χ3v) is 2.14. The van der Waals surface area contributed by atoms with E-state index in [1.54, 1.807) is 0 Å². The number of hydrogen-bond donors (Lipinski definition) is 1. The molecule has 0 bridgehead atoms. The molecule has 11 heavy (non-hydrogen) atoms. The zero-order valence-electron chi connectivity index (χ0n) is 6.75. The molecule has 0 rings (SSSR count). The van der Waals surface area contributed by atoms with Gasteiger partial charge in [-0.05, 0) is 6.42 Å². The second-order valence-corrected chi connectivity index (χ2v) is 4.16. The summed E-state index contributed by atoms with van der Waals surface area (Å²) in [6.45, 7) is 2.08. The first-order valence-electron chi connectivity index (χ1n) is 3.56. The Labute approximate surface area is 74.8 Å². The fourth-order valence-corrected chi connectivity index (χ4v) is 1.34. The molecule has 0 aliphatic heterocycles. The number of nitrogens with two attached hydrogens (primary N) is 1. The van der Waals surface area contributed by atoms with Gasteiger partial charge in [0.1, 0.15) is 0 Å². The maximum atomic E-state index is 10.4. The molecule has 0 aliphatic rings. The van der Waals surface area contributed by atoms with Crippen LogP contribution in [0.2, 0.25) is 0 Å². The van der Waals surface area contributed by atoms with Crippen LogP contribution in [0.3, 0.4) is 0 Å². The molecule has 0 atom stereocenters. The summed E-state index contributed by atoms with van der Waals surface area (Å²) in [4.78, 5) is 0. The quantitative estimate of drug-likeness (QED) is 0.682. The van der Waals surface area contributed by atoms with Crippen LogP contribution >= 0.6 is 12.4 Å². The highest BCUT2D eigenvalue weighted by atomic mass is 35.5. The monoisotopic (exact) mass is 201 g/mol. The maximum Gasteiger partial charge on any atom is 0.209 e. The van der Waals surface area contributed by atoms with E-state index < -0.39 is 10.0 Å². The van der Waals surface area contributed by atoms with Crippen molar-refractivity contribution in [1.82, 2.24) is 0 Å². The van der Waals surface area contributed by atoms with Crippen molar-refractivity contribution in [3.8, 4) is 0 Å². The molecule has 0 saturated carbocycles. The Balaban J connectivity index is 0. The zero-order chi connectivity index (χ0) is 8.04. The van der Waals surface area contributed by atoms with Crippen LogP contribution in [0.1, 0.15) is 32.6 Å². The second-order valence-electron chi connectivity index (χ2n) is 2.43. The summed E-state index contributed by atoms with van der Waals surface area (Å²) in [5.41, 5.74) is 0. The molecule has 0 fully saturated rings. The van der Waals surface area contributed by atoms with Crippen LogP contribution in [0.5, 0.6) is 0 Å². The van der Waals surface area contributed by atoms with E-state index in [2.05, 4.69) is 6.92 Å². The first kappa shape index (κ1) is 13.8. The summed E-state index contributed by atoms with van der Waals surface area (Å²) in [5, 5.41) is 4.79. The van der Waals surface area contributed by atoms with Gasteiger partial charge in [-0.15, -0.1) is 12.4 Å². The molecule has 0 saturated heterocycles. The third kappa shape index (κ3) is 13.2. The largest absolute Gasteiger partial charge is 0.229 e. The minimum absolute atomic E-state index is 0. The molecule has 0 spiro atoms. The van der Waals surface area contributed by atoms with Gasteiger partial charge in [0.05, 0.1) is 5.75 Å². The Hall–Kier alpha value is 0.200. The number of hydrogen-bond acceptors (Lipinski definition) is 2. The molecule has 0 amide bonds. The number of sulfonamides is 1. The first-order valence-corrected chi connectivity index (χ1v) is 5.28. The lowest BCUT2D eigenvalue weighted by Crippen LogP contribution is -2.16. The normalized spacial score (nSPS) is 10.7. The molecule has 70 valence electrons. The predicted molar refractivity (Wildman–Crippen MR) is 49.4 cm³/mol. The van der Waals surface area contributed by atoms with Gasteiger partial charge in [-0.3, -0.25) is 0 Å². The number of halogens is 1. The van der Waals surface area contributed by atoms with Crippen LogP contribution in [-0.2, 0) is 10.0 Å². The lowest BCUT2D eigenvalue weighted by Gasteiger charge is -1.96. The van der Waals surface area contributed by atoms with Gasteiger partial charge in [0.25, 0.3) is 0 Å². The molecule has 0 aromatic carbocycles. The minimum atomic E-state index is -3.20. The first-order chi connectivity index (χ1) is 4.56. The average Bonchev–Trinajstić information content (AvgIpc) is 1.78. The van der Waals surface area contributed by atoms with Gasteiger partial charge >= 0.3 is 0 Å². The fraction of sp³-hybridized carbons (Fsp3) is 1.00. The van der Waals surface area contributed by atoms with Crippen LogP contribution in [-0.4, -0.2) is 14.2 Å². The highest BCUT2D eigenvalue weighted by Gasteiger charge is 1.99. The summed E-state index contributed by atoms with van der Waals surface area (Å²) in [6, 6.07) is 0. The van der Waals surface area contributed by atoms with Crippen molar-refractivity contribution in [3.63, 3.8) is 0 Å². The Kier molecular flexibility index (Phi) is 8.61. The summed E-state index contributed by atoms with van der Waals surface area (Å²) >= 11 is 0. The predicted octanol–water partition coefficient (Wildman–Crippen LogP) is 1.28. The molecule has 0 heterocycles. The molecular formula is C6H16ClNO2S. The van der Waals surface area contributed by atoms with Crippen molar-refractivity contribution in [1.29, 1.82) is 0 Å². The summed E-state index contributed by atoms with van der Waals surface area (Å²) in [5.74, 6) is 0.132. The van der Waals surface area contributed by atoms with E-state index in [-0.39, 0.29) is 18.2 Å². The molecule has 0 radical (unpaired) electrons. The molecule has 3 nitrogen and oxygen atoms in total. The van der Waals surface area contributed by atoms with Gasteiger partial charge in [-0.1, -0.05) is 26.2 Å². The van der Waals surface area contributed by atoms with E-state index in [1.165, 1.54) is 0 Å². The van der Waals surface area contributed by atoms with Gasteiger partial charge in [0, 0.05) is 0 Å². The van der Waals surface area contributed by atoms with E-state index in [0.717, 1.165) is 19.3 Å². The minimum Gasteiger partial charge on any atom is -0.229 e. The van der Waals surface area contributed by atoms with E-state index >= 15 is 0 Å². The smallest absolute Gasteiger partial charge is 0.209 e. The van der Waals surface area contributed by atoms with Gasteiger partial charge in [-0.2, -0.15) is 0 Å². The molecule has 0 aromatic rings. The third-order valence-electron chi connectivity index (χ3n) is 1.28. The Morgan fingerprint density at radius 3 is 2.09 bits per heavy atom. The number of rotatable bonds is 5. The Bertz CT molecular complexity index is 167. The molecule has 0 aromatic heterocycles. The fourth-order valence-electron chi connectivity index (χ4n) is 0.730. The van der Waals surface area contributed by atoms with Crippen molar-refractivity contribution in [2.24, 2.45) is 5.14 Å². The average molecular weight is 202 g/mol. The molecule has 2 N–H and O–H groups in total. The number of primary sulfonamides is 1. The highest BCUT2D eigenvalue weighted by molar-refractivity contribution is 7.89. The topological polar surface area (TPSA) is 60.2 Å². The van der Waals surface area contributed by atoms with Crippen LogP contribution in [0.4, 0.5) is 0 Å². The van der Waals surface area contributed by atoms with Crippen LogP contribution < -0.4 is 5.14 Å². The van der Waals surface area contributed by atoms with E-state index in [9.17, 15) is 8.42 Å². The summed E-state index contributed by atoms with van der Waals surface area (Å²) in [6.07, 6.45) is 3.87. The van der Waals surface area contributed by atoms with Crippen molar-refractivity contribution in [2.75, 3.05) is 5.75 Å². The van der Waals surface area contributed by atoms with Gasteiger partial charge < -0.3 is 0 Å². The van der Waals surface area contributed by atoms with E-state index in [1.807, 2.05) is 0 Å². The second kappa shape index (κ2) is 6.88. The van der Waals surface area contributed by atoms with Crippen LogP contribution in [0.15, 0.2) is 0 Å². The van der Waals surface area contributed by atoms with Gasteiger partial charge in [0.15, 0.2) is 0 Å². The van der Waals surface area contributed by atoms with Crippen molar-refractivity contribution >= 4 is 22.4 Å². The molecule has 0 aliphatic carbocycles. The standard InChI is InChI=1S/C6H15NO2S.ClH/c1-2-3-4-5-6-10(7,8)9;/h2-6H2,1H3,(H2,7,8,9);1H. The van der Waals surface area contributed by atoms with E-state index in [4.69, 9.17) is 5.14 Å². The van der Waals surface area contributed by atoms with Crippen molar-refractivity contribution in [3.05, 3.63) is 0 Å². The summed E-state index contributed by atoms with van der Waals surface area (Å²) < 4.78 is 20.7. The SMILES string of the molecule is CCCCCCS(N)(=O)=O.Cl. The van der Waals surface area contributed by atoms with Gasteiger partial charge in [-0.25, -0.2) is 13.6 Å². The highest BCUT2D eigenvalue weighted by Crippen LogP contribution is 1.99. The molecule has 5 heteroatoms. The Morgan fingerprint density at radius 2 is 1.73 bits per heavy atom.